The molecule has 0 bridgehead atoms. The number of benzene rings is 1. The first-order valence-corrected chi connectivity index (χ1v) is 6.71. The minimum Gasteiger partial charge on any atom is -0.330 e. The van der Waals surface area contributed by atoms with Gasteiger partial charge in [-0.15, -0.1) is 0 Å². The Labute approximate surface area is 116 Å². The highest BCUT2D eigenvalue weighted by atomic mass is 79.9. The van der Waals surface area contributed by atoms with Gasteiger partial charge >= 0.3 is 0 Å². The Balaban J connectivity index is 2.44. The van der Waals surface area contributed by atoms with Gasteiger partial charge in [-0.1, -0.05) is 35.0 Å². The van der Waals surface area contributed by atoms with Gasteiger partial charge in [-0.05, 0) is 25.1 Å². The van der Waals surface area contributed by atoms with Crippen LogP contribution < -0.4 is 5.73 Å². The van der Waals surface area contributed by atoms with E-state index in [4.69, 9.17) is 5.73 Å². The second kappa shape index (κ2) is 5.59. The number of aryl methyl sites for hydroxylation is 1. The average Bonchev–Trinajstić information content (AvgIpc) is 2.38. The molecule has 0 saturated heterocycles. The van der Waals surface area contributed by atoms with E-state index in [1.807, 2.05) is 44.2 Å². The molecule has 1 heterocycles. The summed E-state index contributed by atoms with van der Waals surface area (Å²) in [5, 5.41) is 0. The van der Waals surface area contributed by atoms with Crippen LogP contribution in [0.15, 0.2) is 34.8 Å². The predicted octanol–water partition coefficient (Wildman–Crippen LogP) is 3.28. The van der Waals surface area contributed by atoms with E-state index in [2.05, 4.69) is 25.9 Å². The Morgan fingerprint density at radius 2 is 1.89 bits per heavy atom. The maximum absolute atomic E-state index is 5.68. The summed E-state index contributed by atoms with van der Waals surface area (Å²) in [6, 6.07) is 10.1. The van der Waals surface area contributed by atoms with Crippen LogP contribution in [0.5, 0.6) is 0 Å². The smallest absolute Gasteiger partial charge is 0.133 e. The number of aromatic nitrogens is 2. The summed E-state index contributed by atoms with van der Waals surface area (Å²) in [6.07, 6.45) is 0. The number of nitrogens with zero attached hydrogens (tertiary/aromatic N) is 2. The lowest BCUT2D eigenvalue weighted by atomic mass is 10.1. The Hall–Kier alpha value is -1.26. The van der Waals surface area contributed by atoms with Crippen molar-refractivity contribution in [2.75, 3.05) is 6.54 Å². The van der Waals surface area contributed by atoms with Crippen molar-refractivity contribution in [3.05, 3.63) is 46.3 Å². The van der Waals surface area contributed by atoms with Crippen LogP contribution in [0.3, 0.4) is 0 Å². The third-order valence-corrected chi connectivity index (χ3v) is 3.33. The molecule has 18 heavy (non-hydrogen) atoms. The summed E-state index contributed by atoms with van der Waals surface area (Å²) in [6.45, 7) is 4.58. The van der Waals surface area contributed by atoms with E-state index in [0.717, 1.165) is 27.2 Å². The molecule has 1 aromatic carbocycles. The van der Waals surface area contributed by atoms with Crippen molar-refractivity contribution in [2.24, 2.45) is 5.73 Å². The Bertz CT molecular complexity index is 537. The molecule has 2 aromatic rings. The van der Waals surface area contributed by atoms with Crippen molar-refractivity contribution in [1.82, 2.24) is 9.97 Å². The normalized spacial score (nSPS) is 12.4. The largest absolute Gasteiger partial charge is 0.330 e. The molecule has 0 radical (unpaired) electrons. The van der Waals surface area contributed by atoms with Gasteiger partial charge in [0.15, 0.2) is 0 Å². The van der Waals surface area contributed by atoms with Crippen LogP contribution in [-0.2, 0) is 0 Å². The van der Waals surface area contributed by atoms with Crippen LogP contribution in [0, 0.1) is 6.92 Å². The van der Waals surface area contributed by atoms with Crippen LogP contribution >= 0.6 is 15.9 Å². The highest BCUT2D eigenvalue weighted by molar-refractivity contribution is 9.10. The van der Waals surface area contributed by atoms with E-state index < -0.39 is 0 Å². The van der Waals surface area contributed by atoms with Crippen LogP contribution in [0.25, 0.3) is 11.3 Å². The SMILES string of the molecule is Cc1cc(-c2ccc(Br)cc2)nc(C(C)CN)n1. The Morgan fingerprint density at radius 1 is 1.22 bits per heavy atom. The predicted molar refractivity (Wildman–Crippen MR) is 77.4 cm³/mol. The minimum atomic E-state index is 0.180. The monoisotopic (exact) mass is 305 g/mol. The second-order valence-corrected chi connectivity index (χ2v) is 5.31. The maximum atomic E-state index is 5.68. The summed E-state index contributed by atoms with van der Waals surface area (Å²) < 4.78 is 1.06. The summed E-state index contributed by atoms with van der Waals surface area (Å²) >= 11 is 3.43. The van der Waals surface area contributed by atoms with E-state index in [-0.39, 0.29) is 5.92 Å². The lowest BCUT2D eigenvalue weighted by Gasteiger charge is -2.10. The molecular formula is C14H16BrN3. The second-order valence-electron chi connectivity index (χ2n) is 4.40. The van der Waals surface area contributed by atoms with Crippen LogP contribution in [0.4, 0.5) is 0 Å². The van der Waals surface area contributed by atoms with Gasteiger partial charge < -0.3 is 5.73 Å². The first-order chi connectivity index (χ1) is 8.60. The van der Waals surface area contributed by atoms with Crippen molar-refractivity contribution in [2.45, 2.75) is 19.8 Å². The van der Waals surface area contributed by atoms with Gasteiger partial charge in [0.2, 0.25) is 0 Å². The van der Waals surface area contributed by atoms with Crippen molar-refractivity contribution in [1.29, 1.82) is 0 Å². The molecule has 1 aromatic heterocycles. The molecule has 0 aliphatic heterocycles. The molecule has 1 atom stereocenters. The lowest BCUT2D eigenvalue weighted by molar-refractivity contribution is 0.708. The third-order valence-electron chi connectivity index (χ3n) is 2.81. The van der Waals surface area contributed by atoms with Crippen molar-refractivity contribution < 1.29 is 0 Å². The number of nitrogens with two attached hydrogens (primary N) is 1. The zero-order valence-corrected chi connectivity index (χ0v) is 12.1. The topological polar surface area (TPSA) is 51.8 Å². The highest BCUT2D eigenvalue weighted by Crippen LogP contribution is 2.22. The molecule has 0 aliphatic carbocycles. The first-order valence-electron chi connectivity index (χ1n) is 5.91. The minimum absolute atomic E-state index is 0.180. The van der Waals surface area contributed by atoms with Crippen molar-refractivity contribution in [3.63, 3.8) is 0 Å². The van der Waals surface area contributed by atoms with Gasteiger partial charge in [0.1, 0.15) is 5.82 Å². The molecule has 0 spiro atoms. The highest BCUT2D eigenvalue weighted by Gasteiger charge is 2.10. The van der Waals surface area contributed by atoms with Crippen LogP contribution in [0.2, 0.25) is 0 Å². The number of hydrogen-bond acceptors (Lipinski definition) is 3. The fourth-order valence-corrected chi connectivity index (χ4v) is 1.95. The lowest BCUT2D eigenvalue weighted by Crippen LogP contribution is -2.13. The van der Waals surface area contributed by atoms with Crippen molar-refractivity contribution >= 4 is 15.9 Å². The molecule has 3 nitrogen and oxygen atoms in total. The van der Waals surface area contributed by atoms with E-state index in [1.165, 1.54) is 0 Å². The molecule has 0 saturated carbocycles. The molecule has 0 amide bonds. The number of rotatable bonds is 3. The number of hydrogen-bond donors (Lipinski definition) is 1. The third kappa shape index (κ3) is 2.94. The fraction of sp³-hybridized carbons (Fsp3) is 0.286. The van der Waals surface area contributed by atoms with Gasteiger partial charge in [0.05, 0.1) is 5.69 Å². The zero-order chi connectivity index (χ0) is 13.1. The standard InChI is InChI=1S/C14H16BrN3/c1-9(8-16)14-17-10(2)7-13(18-14)11-3-5-12(15)6-4-11/h3-7,9H,8,16H2,1-2H3. The number of halogens is 1. The quantitative estimate of drug-likeness (QED) is 0.947. The maximum Gasteiger partial charge on any atom is 0.133 e. The van der Waals surface area contributed by atoms with Crippen LogP contribution in [0.1, 0.15) is 24.4 Å². The van der Waals surface area contributed by atoms with Gasteiger partial charge in [-0.3, -0.25) is 0 Å². The Kier molecular flexibility index (Phi) is 4.09. The van der Waals surface area contributed by atoms with E-state index in [0.29, 0.717) is 6.54 Å². The summed E-state index contributed by atoms with van der Waals surface area (Å²) in [5.74, 6) is 0.995. The molecule has 0 aliphatic rings. The molecule has 1 unspecified atom stereocenters. The molecule has 2 N–H and O–H groups in total. The van der Waals surface area contributed by atoms with Crippen LogP contribution in [-0.4, -0.2) is 16.5 Å². The van der Waals surface area contributed by atoms with E-state index in [9.17, 15) is 0 Å². The van der Waals surface area contributed by atoms with Gasteiger partial charge in [0, 0.05) is 28.2 Å². The van der Waals surface area contributed by atoms with Gasteiger partial charge in [0.25, 0.3) is 0 Å². The first kappa shape index (κ1) is 13.2. The molecular weight excluding hydrogens is 290 g/mol. The molecule has 2 rings (SSSR count). The average molecular weight is 306 g/mol. The van der Waals surface area contributed by atoms with E-state index in [1.54, 1.807) is 0 Å². The Morgan fingerprint density at radius 3 is 2.50 bits per heavy atom. The summed E-state index contributed by atoms with van der Waals surface area (Å²) in [7, 11) is 0. The van der Waals surface area contributed by atoms with Crippen molar-refractivity contribution in [3.8, 4) is 11.3 Å². The van der Waals surface area contributed by atoms with Gasteiger partial charge in [-0.2, -0.15) is 0 Å². The molecule has 4 heteroatoms. The summed E-state index contributed by atoms with van der Waals surface area (Å²) in [5.41, 5.74) is 8.69. The summed E-state index contributed by atoms with van der Waals surface area (Å²) in [4.78, 5) is 9.05. The van der Waals surface area contributed by atoms with E-state index >= 15 is 0 Å². The fourth-order valence-electron chi connectivity index (χ4n) is 1.69. The van der Waals surface area contributed by atoms with Gasteiger partial charge in [-0.25, -0.2) is 9.97 Å². The zero-order valence-electron chi connectivity index (χ0n) is 10.5. The molecule has 0 fully saturated rings. The molecule has 94 valence electrons.